The Morgan fingerprint density at radius 1 is 1.19 bits per heavy atom. The summed E-state index contributed by atoms with van der Waals surface area (Å²) in [5, 5.41) is 14.8. The Bertz CT molecular complexity index is 1290. The largest absolute Gasteiger partial charge is 0.492 e. The fraction of sp³-hybridized carbons (Fsp3) is 0.200. The lowest BCUT2D eigenvalue weighted by Gasteiger charge is -2.17. The molecule has 32 heavy (non-hydrogen) atoms. The van der Waals surface area contributed by atoms with E-state index in [2.05, 4.69) is 26.3 Å². The fourth-order valence-electron chi connectivity index (χ4n) is 3.57. The van der Waals surface area contributed by atoms with Crippen LogP contribution < -0.4 is 10.1 Å². The van der Waals surface area contributed by atoms with Crippen LogP contribution in [0.25, 0.3) is 22.0 Å². The maximum absolute atomic E-state index is 9.73. The minimum Gasteiger partial charge on any atom is -0.492 e. The summed E-state index contributed by atoms with van der Waals surface area (Å²) < 4.78 is 5.80. The summed E-state index contributed by atoms with van der Waals surface area (Å²) in [6.45, 7) is 3.49. The Labute approximate surface area is 192 Å². The number of anilines is 2. The Morgan fingerprint density at radius 2 is 1.97 bits per heavy atom. The second-order valence-electron chi connectivity index (χ2n) is 7.82. The first kappa shape index (κ1) is 21.7. The summed E-state index contributed by atoms with van der Waals surface area (Å²) in [5.41, 5.74) is 5.69. The second-order valence-corrected chi connectivity index (χ2v) is 8.23. The number of aromatic amines is 1. The lowest BCUT2D eigenvalue weighted by atomic mass is 10.0. The normalized spacial score (nSPS) is 11.0. The van der Waals surface area contributed by atoms with Gasteiger partial charge in [-0.3, -0.25) is 4.98 Å². The van der Waals surface area contributed by atoms with Crippen LogP contribution in [-0.2, 0) is 0 Å². The number of fused-ring (bicyclic) bond motifs is 1. The number of aryl methyl sites for hydroxylation is 1. The number of nitrogens with one attached hydrogen (secondary N) is 2. The van der Waals surface area contributed by atoms with Crippen LogP contribution in [0, 0.1) is 18.3 Å². The first-order valence-electron chi connectivity index (χ1n) is 10.3. The minimum atomic E-state index is 0.457. The smallest absolute Gasteiger partial charge is 0.119 e. The van der Waals surface area contributed by atoms with Gasteiger partial charge in [-0.05, 0) is 56.4 Å². The quantitative estimate of drug-likeness (QED) is 0.379. The van der Waals surface area contributed by atoms with E-state index < -0.39 is 0 Å². The third kappa shape index (κ3) is 4.40. The van der Waals surface area contributed by atoms with Gasteiger partial charge in [0.25, 0.3) is 0 Å². The molecule has 2 aromatic carbocycles. The predicted molar refractivity (Wildman–Crippen MR) is 130 cm³/mol. The zero-order chi connectivity index (χ0) is 22.7. The molecule has 0 aliphatic carbocycles. The summed E-state index contributed by atoms with van der Waals surface area (Å²) in [6.07, 6.45) is 5.20. The third-order valence-corrected chi connectivity index (χ3v) is 5.66. The van der Waals surface area contributed by atoms with Crippen molar-refractivity contribution in [3.8, 4) is 22.9 Å². The molecule has 0 atom stereocenters. The molecule has 0 unspecified atom stereocenters. The van der Waals surface area contributed by atoms with Gasteiger partial charge >= 0.3 is 0 Å². The van der Waals surface area contributed by atoms with Crippen molar-refractivity contribution in [2.45, 2.75) is 6.92 Å². The molecular formula is C25H24ClN5O. The SMILES string of the molecule is Cc1c(Nc2c(C#N)cncc2-c2ccc(OCCN(C)C)cc2)cc(Cl)c2[nH]ccc12. The van der Waals surface area contributed by atoms with Gasteiger partial charge in [0.1, 0.15) is 18.4 Å². The number of H-pyrrole nitrogens is 1. The van der Waals surface area contributed by atoms with Gasteiger partial charge in [0, 0.05) is 41.8 Å². The highest BCUT2D eigenvalue weighted by Gasteiger charge is 2.15. The van der Waals surface area contributed by atoms with Crippen LogP contribution in [0.15, 0.2) is 55.0 Å². The van der Waals surface area contributed by atoms with Crippen LogP contribution in [0.3, 0.4) is 0 Å². The highest BCUT2D eigenvalue weighted by Crippen LogP contribution is 2.37. The van der Waals surface area contributed by atoms with Crippen molar-refractivity contribution in [1.29, 1.82) is 5.26 Å². The lowest BCUT2D eigenvalue weighted by Crippen LogP contribution is -2.19. The Kier molecular flexibility index (Phi) is 6.31. The number of nitrogens with zero attached hydrogens (tertiary/aromatic N) is 3. The molecule has 0 bridgehead atoms. The van der Waals surface area contributed by atoms with Crippen molar-refractivity contribution < 1.29 is 4.74 Å². The van der Waals surface area contributed by atoms with E-state index in [-0.39, 0.29) is 0 Å². The predicted octanol–water partition coefficient (Wildman–Crippen LogP) is 5.75. The number of nitriles is 1. The molecule has 0 aliphatic rings. The number of aromatic nitrogens is 2. The van der Waals surface area contributed by atoms with E-state index in [1.807, 2.05) is 63.6 Å². The Balaban J connectivity index is 1.69. The maximum Gasteiger partial charge on any atom is 0.119 e. The zero-order valence-electron chi connectivity index (χ0n) is 18.2. The zero-order valence-corrected chi connectivity index (χ0v) is 19.0. The van der Waals surface area contributed by atoms with E-state index in [0.717, 1.165) is 45.6 Å². The average Bonchev–Trinajstić information content (AvgIpc) is 3.29. The average molecular weight is 446 g/mol. The molecule has 4 rings (SSSR count). The summed E-state index contributed by atoms with van der Waals surface area (Å²) in [5.74, 6) is 0.801. The fourth-order valence-corrected chi connectivity index (χ4v) is 3.84. The standard InChI is InChI=1S/C25H24ClN5O/c1-16-20-8-9-29-25(20)22(26)12-23(16)30-24-18(13-27)14-28-15-21(24)17-4-6-19(7-5-17)32-11-10-31(2)3/h4-9,12,14-15,29H,10-11H2,1-3H3,(H,28,30). The van der Waals surface area contributed by atoms with Crippen molar-refractivity contribution in [2.75, 3.05) is 32.6 Å². The van der Waals surface area contributed by atoms with E-state index in [1.54, 1.807) is 12.4 Å². The van der Waals surface area contributed by atoms with Crippen molar-refractivity contribution in [1.82, 2.24) is 14.9 Å². The summed E-state index contributed by atoms with van der Waals surface area (Å²) >= 11 is 6.49. The molecule has 6 nitrogen and oxygen atoms in total. The highest BCUT2D eigenvalue weighted by molar-refractivity contribution is 6.35. The van der Waals surface area contributed by atoms with Crippen molar-refractivity contribution in [2.24, 2.45) is 0 Å². The van der Waals surface area contributed by atoms with Crippen LogP contribution in [-0.4, -0.2) is 42.1 Å². The number of hydrogen-bond acceptors (Lipinski definition) is 5. The summed E-state index contributed by atoms with van der Waals surface area (Å²) in [7, 11) is 4.03. The molecule has 0 radical (unpaired) electrons. The molecule has 7 heteroatoms. The summed E-state index contributed by atoms with van der Waals surface area (Å²) in [4.78, 5) is 9.52. The molecule has 2 N–H and O–H groups in total. The number of hydrogen-bond donors (Lipinski definition) is 2. The third-order valence-electron chi connectivity index (χ3n) is 5.36. The number of pyridine rings is 1. The molecule has 0 aliphatic heterocycles. The molecule has 2 aromatic heterocycles. The molecule has 0 saturated carbocycles. The van der Waals surface area contributed by atoms with Gasteiger partial charge in [-0.1, -0.05) is 23.7 Å². The van der Waals surface area contributed by atoms with Gasteiger partial charge in [-0.25, -0.2) is 0 Å². The molecule has 0 spiro atoms. The van der Waals surface area contributed by atoms with Crippen molar-refractivity contribution in [3.63, 3.8) is 0 Å². The van der Waals surface area contributed by atoms with E-state index in [4.69, 9.17) is 16.3 Å². The van der Waals surface area contributed by atoms with Crippen LogP contribution in [0.5, 0.6) is 5.75 Å². The number of halogens is 1. The van der Waals surface area contributed by atoms with Gasteiger partial charge in [0.15, 0.2) is 0 Å². The minimum absolute atomic E-state index is 0.457. The highest BCUT2D eigenvalue weighted by atomic mass is 35.5. The molecule has 0 amide bonds. The van der Waals surface area contributed by atoms with E-state index >= 15 is 0 Å². The number of benzene rings is 2. The van der Waals surface area contributed by atoms with E-state index in [1.165, 1.54) is 0 Å². The van der Waals surface area contributed by atoms with Gasteiger partial charge in [-0.2, -0.15) is 5.26 Å². The van der Waals surface area contributed by atoms with Crippen LogP contribution in [0.4, 0.5) is 11.4 Å². The Morgan fingerprint density at radius 3 is 2.69 bits per heavy atom. The van der Waals surface area contributed by atoms with Gasteiger partial charge < -0.3 is 19.9 Å². The second kappa shape index (κ2) is 9.31. The molecule has 0 saturated heterocycles. The number of likely N-dealkylation sites (N-methyl/N-ethyl adjacent to an activating group) is 1. The van der Waals surface area contributed by atoms with Crippen LogP contribution in [0.2, 0.25) is 5.02 Å². The molecular weight excluding hydrogens is 422 g/mol. The monoisotopic (exact) mass is 445 g/mol. The first-order valence-corrected chi connectivity index (χ1v) is 10.6. The molecule has 2 heterocycles. The van der Waals surface area contributed by atoms with Crippen LogP contribution in [0.1, 0.15) is 11.1 Å². The number of rotatable bonds is 7. The Hall–Kier alpha value is -3.53. The first-order chi connectivity index (χ1) is 15.5. The van der Waals surface area contributed by atoms with Gasteiger partial charge in [0.2, 0.25) is 0 Å². The lowest BCUT2D eigenvalue weighted by molar-refractivity contribution is 0.261. The van der Waals surface area contributed by atoms with E-state index in [0.29, 0.717) is 22.9 Å². The van der Waals surface area contributed by atoms with Crippen LogP contribution >= 0.6 is 11.6 Å². The number of ether oxygens (including phenoxy) is 1. The molecule has 0 fully saturated rings. The van der Waals surface area contributed by atoms with Gasteiger partial charge in [0.05, 0.1) is 21.8 Å². The van der Waals surface area contributed by atoms with Gasteiger partial charge in [-0.15, -0.1) is 0 Å². The summed E-state index contributed by atoms with van der Waals surface area (Å²) in [6, 6.07) is 13.9. The van der Waals surface area contributed by atoms with Crippen molar-refractivity contribution >= 4 is 33.9 Å². The molecule has 162 valence electrons. The van der Waals surface area contributed by atoms with E-state index in [9.17, 15) is 5.26 Å². The molecule has 4 aromatic rings. The maximum atomic E-state index is 9.73. The van der Waals surface area contributed by atoms with Crippen molar-refractivity contribution in [3.05, 3.63) is 71.1 Å². The topological polar surface area (TPSA) is 77.0 Å².